The minimum Gasteiger partial charge on any atom is -0.353 e. The van der Waals surface area contributed by atoms with Gasteiger partial charge in [-0.3, -0.25) is 4.79 Å². The third-order valence-corrected chi connectivity index (χ3v) is 3.89. The van der Waals surface area contributed by atoms with Crippen molar-refractivity contribution in [1.82, 2.24) is 10.3 Å². The van der Waals surface area contributed by atoms with Gasteiger partial charge < -0.3 is 16.0 Å². The highest BCUT2D eigenvalue weighted by Crippen LogP contribution is 2.34. The van der Waals surface area contributed by atoms with Gasteiger partial charge in [0.1, 0.15) is 5.82 Å². The van der Waals surface area contributed by atoms with Crippen LogP contribution in [0.2, 0.25) is 5.02 Å². The first kappa shape index (κ1) is 24.0. The van der Waals surface area contributed by atoms with E-state index >= 15 is 0 Å². The third-order valence-electron chi connectivity index (χ3n) is 3.61. The average molecular weight is 424 g/mol. The van der Waals surface area contributed by atoms with Gasteiger partial charge in [0.25, 0.3) is 0 Å². The van der Waals surface area contributed by atoms with E-state index in [1.165, 1.54) is 0 Å². The van der Waals surface area contributed by atoms with Gasteiger partial charge in [-0.05, 0) is 25.5 Å². The Hall–Kier alpha value is -0.960. The molecule has 1 amide bonds. The van der Waals surface area contributed by atoms with Crippen LogP contribution < -0.4 is 16.0 Å². The molecule has 144 valence electrons. The molecule has 0 aromatic carbocycles. The Labute approximate surface area is 161 Å². The largest absolute Gasteiger partial charge is 0.417 e. The number of halogens is 6. The summed E-state index contributed by atoms with van der Waals surface area (Å²) in [7, 11) is 0. The summed E-state index contributed by atoms with van der Waals surface area (Å²) < 4.78 is 37.8. The third kappa shape index (κ3) is 6.69. The van der Waals surface area contributed by atoms with Crippen LogP contribution in [0.3, 0.4) is 0 Å². The fraction of sp³-hybridized carbons (Fsp3) is 0.571. The quantitative estimate of drug-likeness (QED) is 0.764. The molecule has 1 atom stereocenters. The summed E-state index contributed by atoms with van der Waals surface area (Å²) in [6.45, 7) is 1.49. The first-order chi connectivity index (χ1) is 10.8. The van der Waals surface area contributed by atoms with E-state index in [-0.39, 0.29) is 41.8 Å². The molecule has 1 aromatic heterocycles. The molecule has 1 fully saturated rings. The van der Waals surface area contributed by atoms with Crippen molar-refractivity contribution >= 4 is 48.1 Å². The Bertz CT molecular complexity index is 575. The number of pyridine rings is 1. The number of hydrogen-bond donors (Lipinski definition) is 2. The van der Waals surface area contributed by atoms with Crippen LogP contribution in [0.15, 0.2) is 12.3 Å². The number of anilines is 1. The lowest BCUT2D eigenvalue weighted by Gasteiger charge is -2.20. The molecule has 0 aliphatic carbocycles. The summed E-state index contributed by atoms with van der Waals surface area (Å²) in [5.74, 6) is 0.229. The van der Waals surface area contributed by atoms with E-state index in [0.717, 1.165) is 12.3 Å². The number of carbonyl (C=O) groups excluding carboxylic acids is 1. The molecule has 3 N–H and O–H groups in total. The molecule has 1 aliphatic rings. The molecule has 0 saturated carbocycles. The monoisotopic (exact) mass is 422 g/mol. The van der Waals surface area contributed by atoms with Gasteiger partial charge in [-0.1, -0.05) is 11.6 Å². The molecule has 1 saturated heterocycles. The normalized spacial score (nSPS) is 16.8. The lowest BCUT2D eigenvalue weighted by atomic mass is 10.2. The van der Waals surface area contributed by atoms with E-state index in [9.17, 15) is 18.0 Å². The van der Waals surface area contributed by atoms with Gasteiger partial charge >= 0.3 is 6.18 Å². The molecule has 0 radical (unpaired) electrons. The zero-order valence-corrected chi connectivity index (χ0v) is 15.6. The summed E-state index contributed by atoms with van der Waals surface area (Å²) in [5, 5.41) is 2.84. The van der Waals surface area contributed by atoms with Crippen molar-refractivity contribution < 1.29 is 18.0 Å². The summed E-state index contributed by atoms with van der Waals surface area (Å²) >= 11 is 5.93. The minimum absolute atomic E-state index is 0. The van der Waals surface area contributed by atoms with Gasteiger partial charge in [-0.25, -0.2) is 4.98 Å². The van der Waals surface area contributed by atoms with Gasteiger partial charge in [0.15, 0.2) is 0 Å². The lowest BCUT2D eigenvalue weighted by Crippen LogP contribution is -2.37. The van der Waals surface area contributed by atoms with Crippen LogP contribution in [0, 0.1) is 0 Å². The predicted molar refractivity (Wildman–Crippen MR) is 95.8 cm³/mol. The fourth-order valence-corrected chi connectivity index (χ4v) is 2.74. The van der Waals surface area contributed by atoms with Crippen LogP contribution in [-0.2, 0) is 11.0 Å². The van der Waals surface area contributed by atoms with Crippen molar-refractivity contribution in [3.8, 4) is 0 Å². The maximum Gasteiger partial charge on any atom is 0.417 e. The van der Waals surface area contributed by atoms with Crippen molar-refractivity contribution in [2.75, 3.05) is 24.5 Å². The Balaban J connectivity index is 0.00000288. The summed E-state index contributed by atoms with van der Waals surface area (Å²) in [6.07, 6.45) is -2.03. The Morgan fingerprint density at radius 2 is 2.12 bits per heavy atom. The van der Waals surface area contributed by atoms with Crippen LogP contribution in [0.1, 0.15) is 24.8 Å². The SMILES string of the molecule is Cl.Cl.NCCCC(=O)NC1CCN(c2ncc(C(F)(F)F)cc2Cl)C1. The van der Waals surface area contributed by atoms with E-state index in [4.69, 9.17) is 17.3 Å². The van der Waals surface area contributed by atoms with Crippen LogP contribution in [-0.4, -0.2) is 36.6 Å². The second-order valence-electron chi connectivity index (χ2n) is 5.42. The average Bonchev–Trinajstić information content (AvgIpc) is 2.92. The van der Waals surface area contributed by atoms with Crippen molar-refractivity contribution in [2.45, 2.75) is 31.5 Å². The number of nitrogens with one attached hydrogen (secondary N) is 1. The number of alkyl halides is 3. The first-order valence-electron chi connectivity index (χ1n) is 7.28. The topological polar surface area (TPSA) is 71.2 Å². The molecular weight excluding hydrogens is 404 g/mol. The van der Waals surface area contributed by atoms with Crippen molar-refractivity contribution in [3.63, 3.8) is 0 Å². The molecule has 1 aliphatic heterocycles. The number of nitrogens with zero attached hydrogens (tertiary/aromatic N) is 2. The first-order valence-corrected chi connectivity index (χ1v) is 7.66. The standard InChI is InChI=1S/C14H18ClF3N4O.2ClH/c15-11-6-9(14(16,17)18)7-20-13(11)22-5-3-10(8-22)21-12(23)2-1-4-19;;/h6-7,10H,1-5,8,19H2,(H,21,23);2*1H. The smallest absolute Gasteiger partial charge is 0.353 e. The highest BCUT2D eigenvalue weighted by Gasteiger charge is 2.33. The molecule has 0 spiro atoms. The Morgan fingerprint density at radius 3 is 2.68 bits per heavy atom. The molecule has 1 aromatic rings. The number of rotatable bonds is 5. The Morgan fingerprint density at radius 1 is 1.44 bits per heavy atom. The Kier molecular flexibility index (Phi) is 9.86. The predicted octanol–water partition coefficient (Wildman–Crippen LogP) is 3.03. The maximum absolute atomic E-state index is 12.6. The lowest BCUT2D eigenvalue weighted by molar-refractivity contribution is -0.137. The molecule has 2 rings (SSSR count). The zero-order chi connectivity index (χ0) is 17.0. The van der Waals surface area contributed by atoms with Gasteiger partial charge in [0.05, 0.1) is 10.6 Å². The number of nitrogens with two attached hydrogens (primary N) is 1. The number of carbonyl (C=O) groups is 1. The van der Waals surface area contributed by atoms with E-state index in [1.807, 2.05) is 0 Å². The van der Waals surface area contributed by atoms with Crippen molar-refractivity contribution in [2.24, 2.45) is 5.73 Å². The van der Waals surface area contributed by atoms with Gasteiger partial charge in [-0.2, -0.15) is 13.2 Å². The van der Waals surface area contributed by atoms with Crippen molar-refractivity contribution in [1.29, 1.82) is 0 Å². The van der Waals surface area contributed by atoms with E-state index in [1.54, 1.807) is 4.90 Å². The van der Waals surface area contributed by atoms with E-state index < -0.39 is 11.7 Å². The van der Waals surface area contributed by atoms with E-state index in [2.05, 4.69) is 10.3 Å². The molecule has 1 unspecified atom stereocenters. The van der Waals surface area contributed by atoms with Crippen molar-refractivity contribution in [3.05, 3.63) is 22.8 Å². The van der Waals surface area contributed by atoms with Crippen LogP contribution >= 0.6 is 36.4 Å². The minimum atomic E-state index is -4.47. The molecule has 2 heterocycles. The summed E-state index contributed by atoms with van der Waals surface area (Å²) in [4.78, 5) is 17.3. The maximum atomic E-state index is 12.6. The molecule has 5 nitrogen and oxygen atoms in total. The second kappa shape index (κ2) is 10.3. The van der Waals surface area contributed by atoms with Crippen LogP contribution in [0.25, 0.3) is 0 Å². The van der Waals surface area contributed by atoms with Gasteiger partial charge in [0.2, 0.25) is 5.91 Å². The van der Waals surface area contributed by atoms with Gasteiger partial charge in [0, 0.05) is 31.7 Å². The number of amides is 1. The molecule has 11 heteroatoms. The highest BCUT2D eigenvalue weighted by atomic mass is 35.5. The summed E-state index contributed by atoms with van der Waals surface area (Å²) in [5.41, 5.74) is 4.47. The number of aromatic nitrogens is 1. The van der Waals surface area contributed by atoms with Crippen LogP contribution in [0.4, 0.5) is 19.0 Å². The molecule has 0 bridgehead atoms. The number of hydrogen-bond acceptors (Lipinski definition) is 4. The zero-order valence-electron chi connectivity index (χ0n) is 13.2. The van der Waals surface area contributed by atoms with E-state index in [0.29, 0.717) is 44.7 Å². The summed E-state index contributed by atoms with van der Waals surface area (Å²) in [6, 6.07) is 0.803. The fourth-order valence-electron chi connectivity index (χ4n) is 2.45. The molecule has 25 heavy (non-hydrogen) atoms. The molecular formula is C14H20Cl3F3N4O. The second-order valence-corrected chi connectivity index (χ2v) is 5.83. The van der Waals surface area contributed by atoms with Gasteiger partial charge in [-0.15, -0.1) is 24.8 Å². The highest BCUT2D eigenvalue weighted by molar-refractivity contribution is 6.33. The van der Waals surface area contributed by atoms with Crippen LogP contribution in [0.5, 0.6) is 0 Å².